The Morgan fingerprint density at radius 2 is 1.92 bits per heavy atom. The van der Waals surface area contributed by atoms with Crippen LogP contribution in [0.2, 0.25) is 5.02 Å². The zero-order valence-corrected chi connectivity index (χ0v) is 14.9. The van der Waals surface area contributed by atoms with Gasteiger partial charge in [-0.2, -0.15) is 0 Å². The second-order valence-corrected chi connectivity index (χ2v) is 5.71. The largest absolute Gasteiger partial charge is 0.489 e. The molecular weight excluding hydrogens is 344 g/mol. The van der Waals surface area contributed by atoms with Crippen LogP contribution in [0.4, 0.5) is 0 Å². The van der Waals surface area contributed by atoms with Crippen molar-refractivity contribution in [1.82, 2.24) is 0 Å². The third-order valence-corrected chi connectivity index (χ3v) is 3.93. The molecule has 5 nitrogen and oxygen atoms in total. The van der Waals surface area contributed by atoms with Crippen molar-refractivity contribution < 1.29 is 24.1 Å². The van der Waals surface area contributed by atoms with Crippen molar-refractivity contribution in [3.8, 4) is 5.75 Å². The lowest BCUT2D eigenvalue weighted by Gasteiger charge is -2.22. The number of aliphatic hydroxyl groups is 1. The van der Waals surface area contributed by atoms with Crippen molar-refractivity contribution in [2.24, 2.45) is 0 Å². The Bertz CT molecular complexity index is 689. The first-order valence-corrected chi connectivity index (χ1v) is 8.28. The van der Waals surface area contributed by atoms with Gasteiger partial charge in [0.15, 0.2) is 6.10 Å². The van der Waals surface area contributed by atoms with Gasteiger partial charge < -0.3 is 19.3 Å². The number of hydrogen-bond acceptors (Lipinski definition) is 5. The molecule has 2 aromatic carbocycles. The van der Waals surface area contributed by atoms with Gasteiger partial charge in [-0.25, -0.2) is 4.79 Å². The summed E-state index contributed by atoms with van der Waals surface area (Å²) in [6.45, 7) is 2.39. The van der Waals surface area contributed by atoms with Crippen LogP contribution in [0, 0.1) is 0 Å². The summed E-state index contributed by atoms with van der Waals surface area (Å²) in [6, 6.07) is 14.6. The molecule has 2 rings (SSSR count). The number of benzene rings is 2. The van der Waals surface area contributed by atoms with Gasteiger partial charge in [0, 0.05) is 12.2 Å². The van der Waals surface area contributed by atoms with E-state index in [0.29, 0.717) is 17.9 Å². The molecule has 0 spiro atoms. The Hall–Kier alpha value is -2.08. The molecule has 6 heteroatoms. The fourth-order valence-corrected chi connectivity index (χ4v) is 2.61. The van der Waals surface area contributed by atoms with Gasteiger partial charge in [-0.05, 0) is 24.6 Å². The maximum atomic E-state index is 11.8. The lowest BCUT2D eigenvalue weighted by Crippen LogP contribution is -2.32. The van der Waals surface area contributed by atoms with Crippen LogP contribution in [0.15, 0.2) is 48.5 Å². The number of halogens is 1. The number of methoxy groups -OCH3 is 1. The summed E-state index contributed by atoms with van der Waals surface area (Å²) in [5.41, 5.74) is 1.41. The van der Waals surface area contributed by atoms with E-state index in [-0.39, 0.29) is 11.6 Å². The van der Waals surface area contributed by atoms with Gasteiger partial charge >= 0.3 is 5.97 Å². The van der Waals surface area contributed by atoms with Gasteiger partial charge in [0.2, 0.25) is 0 Å². The zero-order valence-electron chi connectivity index (χ0n) is 14.1. The summed E-state index contributed by atoms with van der Waals surface area (Å²) in [4.78, 5) is 11.8. The Labute approximate surface area is 152 Å². The van der Waals surface area contributed by atoms with Crippen molar-refractivity contribution >= 4 is 17.6 Å². The third kappa shape index (κ3) is 5.19. The molecule has 1 N–H and O–H groups in total. The number of esters is 1. The highest BCUT2D eigenvalue weighted by atomic mass is 35.5. The van der Waals surface area contributed by atoms with E-state index in [1.165, 1.54) is 7.11 Å². The van der Waals surface area contributed by atoms with E-state index in [2.05, 4.69) is 4.74 Å². The SMILES string of the molecule is CCO[C@H](C(=O)OC)[C@H](O)c1ccc(OCc2ccccc2)cc1Cl. The summed E-state index contributed by atoms with van der Waals surface area (Å²) < 4.78 is 15.6. The van der Waals surface area contributed by atoms with Gasteiger partial charge in [-0.15, -0.1) is 0 Å². The Balaban J connectivity index is 2.10. The molecule has 0 saturated heterocycles. The number of hydrogen-bond donors (Lipinski definition) is 1. The van der Waals surface area contributed by atoms with Crippen LogP contribution in [0.5, 0.6) is 5.75 Å². The molecule has 0 aliphatic rings. The molecule has 0 amide bonds. The predicted octanol–water partition coefficient (Wildman–Crippen LogP) is 3.53. The molecule has 0 heterocycles. The molecule has 0 saturated carbocycles. The quantitative estimate of drug-likeness (QED) is 0.726. The minimum atomic E-state index is -1.23. The van der Waals surface area contributed by atoms with E-state index in [9.17, 15) is 9.90 Å². The van der Waals surface area contributed by atoms with Crippen LogP contribution >= 0.6 is 11.6 Å². The predicted molar refractivity (Wildman–Crippen MR) is 94.6 cm³/mol. The molecule has 134 valence electrons. The average Bonchev–Trinajstić information content (AvgIpc) is 2.64. The molecular formula is C19H21ClO5. The van der Waals surface area contributed by atoms with Crippen LogP contribution < -0.4 is 4.74 Å². The molecule has 0 aromatic heterocycles. The topological polar surface area (TPSA) is 65.0 Å². The van der Waals surface area contributed by atoms with Crippen molar-refractivity contribution in [3.63, 3.8) is 0 Å². The van der Waals surface area contributed by atoms with E-state index < -0.39 is 18.2 Å². The van der Waals surface area contributed by atoms with Gasteiger partial charge in [-0.1, -0.05) is 48.0 Å². The lowest BCUT2D eigenvalue weighted by molar-refractivity contribution is -0.162. The molecule has 25 heavy (non-hydrogen) atoms. The fourth-order valence-electron chi connectivity index (χ4n) is 2.33. The number of ether oxygens (including phenoxy) is 3. The van der Waals surface area contributed by atoms with Crippen molar-refractivity contribution in [1.29, 1.82) is 0 Å². The number of rotatable bonds is 8. The number of carbonyl (C=O) groups excluding carboxylic acids is 1. The van der Waals surface area contributed by atoms with Crippen LogP contribution in [-0.2, 0) is 20.9 Å². The summed E-state index contributed by atoms with van der Waals surface area (Å²) in [7, 11) is 1.24. The first-order chi connectivity index (χ1) is 12.1. The summed E-state index contributed by atoms with van der Waals surface area (Å²) >= 11 is 6.25. The zero-order chi connectivity index (χ0) is 18.2. The van der Waals surface area contributed by atoms with Gasteiger partial charge in [0.1, 0.15) is 18.5 Å². The van der Waals surface area contributed by atoms with E-state index in [4.69, 9.17) is 21.1 Å². The van der Waals surface area contributed by atoms with Crippen LogP contribution in [-0.4, -0.2) is 30.9 Å². The first-order valence-electron chi connectivity index (χ1n) is 7.90. The molecule has 0 aliphatic carbocycles. The highest BCUT2D eigenvalue weighted by molar-refractivity contribution is 6.31. The molecule has 0 fully saturated rings. The smallest absolute Gasteiger partial charge is 0.338 e. The van der Waals surface area contributed by atoms with E-state index >= 15 is 0 Å². The second kappa shape index (κ2) is 9.42. The molecule has 0 bridgehead atoms. The van der Waals surface area contributed by atoms with Gasteiger partial charge in [-0.3, -0.25) is 0 Å². The highest BCUT2D eigenvalue weighted by Gasteiger charge is 2.31. The Morgan fingerprint density at radius 3 is 2.52 bits per heavy atom. The lowest BCUT2D eigenvalue weighted by atomic mass is 10.0. The summed E-state index contributed by atoms with van der Waals surface area (Å²) in [5.74, 6) is -0.0920. The maximum absolute atomic E-state index is 11.8. The molecule has 0 unspecified atom stereocenters. The monoisotopic (exact) mass is 364 g/mol. The normalized spacial score (nSPS) is 13.1. The molecule has 2 aromatic rings. The molecule has 2 atom stereocenters. The van der Waals surface area contributed by atoms with Crippen LogP contribution in [0.1, 0.15) is 24.2 Å². The highest BCUT2D eigenvalue weighted by Crippen LogP contribution is 2.30. The second-order valence-electron chi connectivity index (χ2n) is 5.30. The fraction of sp³-hybridized carbons (Fsp3) is 0.316. The minimum absolute atomic E-state index is 0.257. The molecule has 0 radical (unpaired) electrons. The van der Waals surface area contributed by atoms with E-state index in [1.807, 2.05) is 30.3 Å². The maximum Gasteiger partial charge on any atom is 0.338 e. The summed E-state index contributed by atoms with van der Waals surface area (Å²) in [5, 5.41) is 10.7. The van der Waals surface area contributed by atoms with Gasteiger partial charge in [0.25, 0.3) is 0 Å². The first kappa shape index (κ1) is 19.2. The Kier molecular flexibility index (Phi) is 7.25. The van der Waals surface area contributed by atoms with E-state index in [0.717, 1.165) is 5.56 Å². The van der Waals surface area contributed by atoms with E-state index in [1.54, 1.807) is 25.1 Å². The van der Waals surface area contributed by atoms with Crippen LogP contribution in [0.3, 0.4) is 0 Å². The van der Waals surface area contributed by atoms with Crippen molar-refractivity contribution in [2.75, 3.05) is 13.7 Å². The van der Waals surface area contributed by atoms with Gasteiger partial charge in [0.05, 0.1) is 12.1 Å². The van der Waals surface area contributed by atoms with Crippen LogP contribution in [0.25, 0.3) is 0 Å². The third-order valence-electron chi connectivity index (χ3n) is 3.61. The minimum Gasteiger partial charge on any atom is -0.489 e. The number of carbonyl (C=O) groups is 1. The summed E-state index contributed by atoms with van der Waals surface area (Å²) in [6.07, 6.45) is -2.37. The van der Waals surface area contributed by atoms with Crippen molar-refractivity contribution in [2.45, 2.75) is 25.7 Å². The number of aliphatic hydroxyl groups excluding tert-OH is 1. The average molecular weight is 365 g/mol. The Morgan fingerprint density at radius 1 is 1.20 bits per heavy atom. The standard InChI is InChI=1S/C19H21ClO5/c1-3-24-18(19(22)23-2)17(21)15-10-9-14(11-16(15)20)25-12-13-7-5-4-6-8-13/h4-11,17-18,21H,3,12H2,1-2H3/t17-,18+/m1/s1. The van der Waals surface area contributed by atoms with Crippen molar-refractivity contribution in [3.05, 3.63) is 64.7 Å². The molecule has 0 aliphatic heterocycles.